The van der Waals surface area contributed by atoms with E-state index in [0.29, 0.717) is 22.5 Å². The summed E-state index contributed by atoms with van der Waals surface area (Å²) in [4.78, 5) is 19.4. The van der Waals surface area contributed by atoms with Gasteiger partial charge in [0.1, 0.15) is 5.65 Å². The zero-order chi connectivity index (χ0) is 14.1. The second-order valence-corrected chi connectivity index (χ2v) is 4.17. The lowest BCUT2D eigenvalue weighted by Gasteiger charge is -1.99. The van der Waals surface area contributed by atoms with Crippen LogP contribution in [-0.4, -0.2) is 27.4 Å². The smallest absolute Gasteiger partial charge is 0.339 e. The summed E-state index contributed by atoms with van der Waals surface area (Å²) in [6.07, 6.45) is 4.80. The molecular weight excluding hydrogens is 261 g/mol. The van der Waals surface area contributed by atoms with Gasteiger partial charge in [-0.1, -0.05) is 0 Å². The molecule has 0 spiro atoms. The summed E-state index contributed by atoms with van der Waals surface area (Å²) >= 11 is 0. The first kappa shape index (κ1) is 12.3. The number of carbonyl (C=O) groups is 1. The van der Waals surface area contributed by atoms with Crippen molar-refractivity contribution in [3.05, 3.63) is 54.4 Å². The first-order chi connectivity index (χ1) is 9.67. The molecule has 0 aliphatic heterocycles. The summed E-state index contributed by atoms with van der Waals surface area (Å²) in [5.74, 6) is -0.948. The van der Waals surface area contributed by atoms with Gasteiger partial charge in [0.2, 0.25) is 5.95 Å². The Balaban J connectivity index is 2.06. The molecule has 3 aromatic heterocycles. The fourth-order valence-corrected chi connectivity index (χ4v) is 1.90. The third-order valence-electron chi connectivity index (χ3n) is 2.90. The second kappa shape index (κ2) is 4.73. The van der Waals surface area contributed by atoms with Gasteiger partial charge in [-0.2, -0.15) is 4.39 Å². The number of hydrogen-bond donors (Lipinski definition) is 0. The maximum Gasteiger partial charge on any atom is 0.339 e. The van der Waals surface area contributed by atoms with Crippen molar-refractivity contribution in [2.24, 2.45) is 0 Å². The van der Waals surface area contributed by atoms with Gasteiger partial charge in [0.05, 0.1) is 18.4 Å². The Bertz CT molecular complexity index is 781. The highest BCUT2D eigenvalue weighted by Gasteiger charge is 2.09. The first-order valence-electron chi connectivity index (χ1n) is 5.86. The van der Waals surface area contributed by atoms with Gasteiger partial charge in [0, 0.05) is 24.2 Å². The summed E-state index contributed by atoms with van der Waals surface area (Å²) in [5, 5.41) is 0. The highest BCUT2D eigenvalue weighted by molar-refractivity contribution is 5.89. The van der Waals surface area contributed by atoms with Gasteiger partial charge in [-0.05, 0) is 24.3 Å². The molecule has 0 saturated heterocycles. The lowest BCUT2D eigenvalue weighted by Crippen LogP contribution is -2.02. The van der Waals surface area contributed by atoms with Gasteiger partial charge < -0.3 is 9.14 Å². The van der Waals surface area contributed by atoms with Crippen LogP contribution < -0.4 is 0 Å². The van der Waals surface area contributed by atoms with E-state index >= 15 is 0 Å². The molecular formula is C14H10FN3O2. The van der Waals surface area contributed by atoms with Crippen molar-refractivity contribution in [2.75, 3.05) is 7.11 Å². The van der Waals surface area contributed by atoms with Crippen molar-refractivity contribution in [3.8, 4) is 11.3 Å². The van der Waals surface area contributed by atoms with E-state index in [1.807, 2.05) is 0 Å². The molecule has 3 aromatic rings. The summed E-state index contributed by atoms with van der Waals surface area (Å²) in [6, 6.07) is 6.23. The van der Waals surface area contributed by atoms with Crippen LogP contribution in [0, 0.1) is 5.95 Å². The van der Waals surface area contributed by atoms with Crippen LogP contribution in [0.2, 0.25) is 0 Å². The molecule has 100 valence electrons. The molecule has 0 saturated carbocycles. The van der Waals surface area contributed by atoms with E-state index in [1.165, 1.54) is 19.4 Å². The predicted molar refractivity (Wildman–Crippen MR) is 69.7 cm³/mol. The van der Waals surface area contributed by atoms with E-state index in [9.17, 15) is 9.18 Å². The van der Waals surface area contributed by atoms with Crippen LogP contribution in [0.15, 0.2) is 42.9 Å². The van der Waals surface area contributed by atoms with Crippen LogP contribution in [0.5, 0.6) is 0 Å². The van der Waals surface area contributed by atoms with Crippen molar-refractivity contribution >= 4 is 11.6 Å². The molecule has 0 unspecified atom stereocenters. The van der Waals surface area contributed by atoms with E-state index in [2.05, 4.69) is 14.7 Å². The number of imidazole rings is 1. The minimum Gasteiger partial charge on any atom is -0.465 e. The largest absolute Gasteiger partial charge is 0.465 e. The summed E-state index contributed by atoms with van der Waals surface area (Å²) in [7, 11) is 1.33. The Morgan fingerprint density at radius 2 is 2.10 bits per heavy atom. The number of fused-ring (bicyclic) bond motifs is 1. The Kier molecular flexibility index (Phi) is 2.90. The molecule has 0 bridgehead atoms. The fourth-order valence-electron chi connectivity index (χ4n) is 1.90. The number of carbonyl (C=O) groups excluding carboxylic acids is 1. The number of aromatic nitrogens is 3. The van der Waals surface area contributed by atoms with Crippen molar-refractivity contribution in [2.45, 2.75) is 0 Å². The molecule has 0 amide bonds. The van der Waals surface area contributed by atoms with Gasteiger partial charge in [-0.3, -0.25) is 0 Å². The Morgan fingerprint density at radius 1 is 1.25 bits per heavy atom. The summed E-state index contributed by atoms with van der Waals surface area (Å²) in [5.41, 5.74) is 2.47. The number of methoxy groups -OCH3 is 1. The SMILES string of the molecule is COC(=O)c1ccc2nc(-c3ccc(F)nc3)cn2c1. The van der Waals surface area contributed by atoms with Crippen molar-refractivity contribution in [3.63, 3.8) is 0 Å². The number of pyridine rings is 2. The molecule has 5 nitrogen and oxygen atoms in total. The number of nitrogens with zero attached hydrogens (tertiary/aromatic N) is 3. The lowest BCUT2D eigenvalue weighted by molar-refractivity contribution is 0.0600. The van der Waals surface area contributed by atoms with Gasteiger partial charge in [-0.15, -0.1) is 0 Å². The third-order valence-corrected chi connectivity index (χ3v) is 2.90. The van der Waals surface area contributed by atoms with E-state index < -0.39 is 11.9 Å². The molecule has 0 fully saturated rings. The Morgan fingerprint density at radius 3 is 2.80 bits per heavy atom. The van der Waals surface area contributed by atoms with Crippen LogP contribution >= 0.6 is 0 Å². The molecule has 0 N–H and O–H groups in total. The number of halogens is 1. The van der Waals surface area contributed by atoms with Crippen LogP contribution in [0.3, 0.4) is 0 Å². The molecule has 3 rings (SSSR count). The van der Waals surface area contributed by atoms with Gasteiger partial charge >= 0.3 is 5.97 Å². The van der Waals surface area contributed by atoms with Gasteiger partial charge in [-0.25, -0.2) is 14.8 Å². The van der Waals surface area contributed by atoms with E-state index in [1.54, 1.807) is 35.0 Å². The number of rotatable bonds is 2. The highest BCUT2D eigenvalue weighted by Crippen LogP contribution is 2.19. The molecule has 6 heteroatoms. The number of hydrogen-bond acceptors (Lipinski definition) is 4. The minimum absolute atomic E-state index is 0.411. The standard InChI is InChI=1S/C14H10FN3O2/c1-20-14(19)10-3-5-13-17-11(8-18(13)7-10)9-2-4-12(15)16-6-9/h2-8H,1H3. The predicted octanol–water partition coefficient (Wildman–Crippen LogP) is 2.32. The molecule has 3 heterocycles. The zero-order valence-electron chi connectivity index (χ0n) is 10.6. The summed E-state index contributed by atoms with van der Waals surface area (Å²) < 4.78 is 19.2. The van der Waals surface area contributed by atoms with E-state index in [4.69, 9.17) is 0 Å². The van der Waals surface area contributed by atoms with Crippen LogP contribution in [0.4, 0.5) is 4.39 Å². The van der Waals surface area contributed by atoms with Gasteiger partial charge in [0.25, 0.3) is 0 Å². The van der Waals surface area contributed by atoms with Crippen molar-refractivity contribution < 1.29 is 13.9 Å². The van der Waals surface area contributed by atoms with E-state index in [0.717, 1.165) is 0 Å². The van der Waals surface area contributed by atoms with Crippen LogP contribution in [0.1, 0.15) is 10.4 Å². The van der Waals surface area contributed by atoms with Crippen molar-refractivity contribution in [1.82, 2.24) is 14.4 Å². The quantitative estimate of drug-likeness (QED) is 0.530. The van der Waals surface area contributed by atoms with E-state index in [-0.39, 0.29) is 0 Å². The average Bonchev–Trinajstić information content (AvgIpc) is 2.90. The van der Waals surface area contributed by atoms with Crippen LogP contribution in [0.25, 0.3) is 16.9 Å². The fraction of sp³-hybridized carbons (Fsp3) is 0.0714. The molecule has 0 aromatic carbocycles. The Hall–Kier alpha value is -2.76. The van der Waals surface area contributed by atoms with Gasteiger partial charge in [0.15, 0.2) is 0 Å². The molecule has 0 aliphatic carbocycles. The molecule has 0 radical (unpaired) electrons. The monoisotopic (exact) mass is 271 g/mol. The lowest BCUT2D eigenvalue weighted by atomic mass is 10.2. The molecule has 0 aliphatic rings. The first-order valence-corrected chi connectivity index (χ1v) is 5.86. The number of ether oxygens (including phenoxy) is 1. The molecule has 20 heavy (non-hydrogen) atoms. The average molecular weight is 271 g/mol. The maximum absolute atomic E-state index is 12.8. The van der Waals surface area contributed by atoms with Crippen molar-refractivity contribution in [1.29, 1.82) is 0 Å². The number of esters is 1. The van der Waals surface area contributed by atoms with Crippen LogP contribution in [-0.2, 0) is 4.74 Å². The normalized spacial score (nSPS) is 10.7. The summed E-state index contributed by atoms with van der Waals surface area (Å²) in [6.45, 7) is 0. The minimum atomic E-state index is -0.537. The maximum atomic E-state index is 12.8. The highest BCUT2D eigenvalue weighted by atomic mass is 19.1. The zero-order valence-corrected chi connectivity index (χ0v) is 10.6. The third kappa shape index (κ3) is 2.11. The second-order valence-electron chi connectivity index (χ2n) is 4.17. The molecule has 0 atom stereocenters. The Labute approximate surface area is 113 Å². The topological polar surface area (TPSA) is 56.5 Å².